The molecule has 16 heteroatoms. The van der Waals surface area contributed by atoms with Gasteiger partial charge in [-0.05, 0) is 82.4 Å². The van der Waals surface area contributed by atoms with Crippen LogP contribution in [0.4, 0.5) is 10.2 Å². The lowest BCUT2D eigenvalue weighted by Gasteiger charge is -2.48. The molecule has 0 bridgehead atoms. The number of nitrogens with zero attached hydrogens (tertiary/aromatic N) is 6. The molecule has 6 atom stereocenters. The number of likely N-dealkylation sites (tertiary alicyclic amines) is 1. The third kappa shape index (κ3) is 6.18. The van der Waals surface area contributed by atoms with Crippen molar-refractivity contribution < 1.29 is 32.1 Å². The van der Waals surface area contributed by atoms with Crippen molar-refractivity contribution in [3.05, 3.63) is 28.7 Å². The molecule has 9 rings (SSSR count). The summed E-state index contributed by atoms with van der Waals surface area (Å²) in [5.74, 6) is 0.942. The number of aliphatic hydroxyl groups is 1. The summed E-state index contributed by atoms with van der Waals surface area (Å²) in [5, 5.41) is 19.6. The molecule has 54 heavy (non-hydrogen) atoms. The predicted octanol–water partition coefficient (Wildman–Crippen LogP) is 5.10. The van der Waals surface area contributed by atoms with Crippen molar-refractivity contribution in [2.75, 3.05) is 63.0 Å². The van der Waals surface area contributed by atoms with Crippen molar-refractivity contribution in [2.45, 2.75) is 76.5 Å². The summed E-state index contributed by atoms with van der Waals surface area (Å²) in [4.78, 5) is 19.0. The normalized spacial score (nSPS) is 31.2. The standard InChI is InChI=1S/C38H47ClFN7O6S/c1-21-26(39)14-27-25(15-41-45-27)29(21)32-31(40)33-30(35(42-32)51-3)34(46-10-11-52-19-37(2,48)18-46)44-36(43-33)53-20-38-7-4-6-28(38)47(9-5-8-38)24-12-22-16-54(49,50)17-23(22)13-24/h14-15,22-24,28,48H,4-13,16-20H2,1-3H3,(H,41,45)/t22-,23+,24?,28-,37+,38-/m1/s1. The number of β-amino-alcohol motifs (C(OH)–C–C–N with tert-alkyl or cyclic N) is 1. The van der Waals surface area contributed by atoms with Crippen molar-refractivity contribution >= 4 is 49.1 Å². The number of benzene rings is 1. The molecule has 2 N–H and O–H groups in total. The number of aromatic nitrogens is 5. The number of ether oxygens (including phenoxy) is 3. The Morgan fingerprint density at radius 1 is 1.15 bits per heavy atom. The van der Waals surface area contributed by atoms with Crippen LogP contribution in [0.15, 0.2) is 12.3 Å². The zero-order valence-corrected chi connectivity index (χ0v) is 32.5. The molecule has 4 aromatic rings. The first kappa shape index (κ1) is 36.3. The molecule has 3 aliphatic heterocycles. The summed E-state index contributed by atoms with van der Waals surface area (Å²) in [5.41, 5.74) is 0.397. The quantitative estimate of drug-likeness (QED) is 0.256. The Bertz CT molecular complexity index is 2220. The topological polar surface area (TPSA) is 156 Å². The lowest BCUT2D eigenvalue weighted by atomic mass is 9.75. The molecule has 13 nitrogen and oxygen atoms in total. The van der Waals surface area contributed by atoms with Gasteiger partial charge < -0.3 is 24.2 Å². The molecular formula is C38H47ClFN7O6S. The zero-order chi connectivity index (χ0) is 37.6. The smallest absolute Gasteiger partial charge is 0.319 e. The Morgan fingerprint density at radius 3 is 2.70 bits per heavy atom. The van der Waals surface area contributed by atoms with Crippen molar-refractivity contribution in [1.82, 2.24) is 30.0 Å². The van der Waals surface area contributed by atoms with Crippen molar-refractivity contribution in [2.24, 2.45) is 17.3 Å². The summed E-state index contributed by atoms with van der Waals surface area (Å²) in [7, 11) is -1.45. The second kappa shape index (κ2) is 13.4. The molecule has 0 spiro atoms. The van der Waals surface area contributed by atoms with Crippen LogP contribution >= 0.6 is 11.6 Å². The number of rotatable bonds is 7. The minimum absolute atomic E-state index is 0.0130. The van der Waals surface area contributed by atoms with Gasteiger partial charge in [0.1, 0.15) is 28.0 Å². The number of pyridine rings is 1. The van der Waals surface area contributed by atoms with Gasteiger partial charge in [0.25, 0.3) is 0 Å². The number of nitrogens with one attached hydrogen (secondary N) is 1. The highest BCUT2D eigenvalue weighted by atomic mass is 35.5. The number of fused-ring (bicyclic) bond motifs is 4. The summed E-state index contributed by atoms with van der Waals surface area (Å²) in [6.07, 6.45) is 8.66. The Hall–Kier alpha value is -3.37. The molecule has 2 saturated carbocycles. The van der Waals surface area contributed by atoms with Crippen LogP contribution in [0.1, 0.15) is 57.4 Å². The third-order valence-corrected chi connectivity index (χ3v) is 15.2. The van der Waals surface area contributed by atoms with Crippen molar-refractivity contribution in [1.29, 1.82) is 0 Å². The SMILES string of the molecule is COc1nc(-c2c(C)c(Cl)cc3[nH]ncc23)c(F)c2nc(OC[C@]34CCC[C@H]3N(C3C[C@@H]5CS(=O)(=O)C[C@@H]5C3)CCC4)nc(N3CCOC[C@@](C)(O)C3)c12. The van der Waals surface area contributed by atoms with Crippen LogP contribution in [-0.2, 0) is 14.6 Å². The number of methoxy groups -OCH3 is 1. The van der Waals surface area contributed by atoms with E-state index in [1.165, 1.54) is 7.11 Å². The number of halogens is 2. The third-order valence-electron chi connectivity index (χ3n) is 12.9. The predicted molar refractivity (Wildman–Crippen MR) is 202 cm³/mol. The van der Waals surface area contributed by atoms with E-state index < -0.39 is 21.3 Å². The lowest BCUT2D eigenvalue weighted by molar-refractivity contribution is -0.0224. The summed E-state index contributed by atoms with van der Waals surface area (Å²) in [6, 6.07) is 2.47. The number of hydrogen-bond acceptors (Lipinski definition) is 12. The Balaban J connectivity index is 1.11. The maximum Gasteiger partial charge on any atom is 0.319 e. The minimum Gasteiger partial charge on any atom is -0.480 e. The highest BCUT2D eigenvalue weighted by Gasteiger charge is 2.53. The van der Waals surface area contributed by atoms with E-state index in [4.69, 9.17) is 40.8 Å². The fourth-order valence-corrected chi connectivity index (χ4v) is 13.0. The summed E-state index contributed by atoms with van der Waals surface area (Å²) in [6.45, 7) is 5.89. The van der Waals surface area contributed by atoms with Gasteiger partial charge in [0.05, 0.1) is 56.7 Å². The number of H-pyrrole nitrogens is 1. The molecule has 0 radical (unpaired) electrons. The molecule has 0 amide bonds. The number of hydrogen-bond donors (Lipinski definition) is 2. The van der Waals surface area contributed by atoms with E-state index in [0.717, 1.165) is 51.5 Å². The monoisotopic (exact) mass is 783 g/mol. The number of anilines is 1. The Labute approximate surface area is 318 Å². The van der Waals surface area contributed by atoms with Crippen LogP contribution in [0, 0.1) is 30.0 Å². The number of sulfone groups is 1. The van der Waals surface area contributed by atoms with Crippen LogP contribution in [0.2, 0.25) is 5.02 Å². The molecule has 1 unspecified atom stereocenters. The highest BCUT2D eigenvalue weighted by molar-refractivity contribution is 7.91. The minimum atomic E-state index is -2.93. The first-order chi connectivity index (χ1) is 25.9. The van der Waals surface area contributed by atoms with Gasteiger partial charge in [0.2, 0.25) is 5.88 Å². The zero-order valence-electron chi connectivity index (χ0n) is 30.9. The maximum atomic E-state index is 17.3. The number of aromatic amines is 1. The van der Waals surface area contributed by atoms with E-state index in [-0.39, 0.29) is 58.9 Å². The van der Waals surface area contributed by atoms with Crippen molar-refractivity contribution in [3.63, 3.8) is 0 Å². The van der Waals surface area contributed by atoms with Gasteiger partial charge in [-0.15, -0.1) is 0 Å². The van der Waals surface area contributed by atoms with Gasteiger partial charge >= 0.3 is 6.01 Å². The van der Waals surface area contributed by atoms with E-state index in [1.54, 1.807) is 19.2 Å². The molecule has 2 aliphatic carbocycles. The van der Waals surface area contributed by atoms with E-state index >= 15 is 4.39 Å². The molecular weight excluding hydrogens is 737 g/mol. The van der Waals surface area contributed by atoms with Gasteiger partial charge in [-0.1, -0.05) is 18.0 Å². The first-order valence-electron chi connectivity index (χ1n) is 19.1. The molecule has 3 aromatic heterocycles. The lowest BCUT2D eigenvalue weighted by Crippen LogP contribution is -2.55. The molecule has 1 aromatic carbocycles. The van der Waals surface area contributed by atoms with E-state index in [0.29, 0.717) is 76.2 Å². The molecule has 3 saturated heterocycles. The van der Waals surface area contributed by atoms with Crippen LogP contribution in [0.3, 0.4) is 0 Å². The second-order valence-electron chi connectivity index (χ2n) is 16.6. The molecule has 6 heterocycles. The van der Waals surface area contributed by atoms with Crippen LogP contribution in [0.25, 0.3) is 33.1 Å². The largest absolute Gasteiger partial charge is 0.480 e. The van der Waals surface area contributed by atoms with Gasteiger partial charge in [0.15, 0.2) is 15.7 Å². The molecule has 290 valence electrons. The van der Waals surface area contributed by atoms with Gasteiger partial charge in [0, 0.05) is 40.0 Å². The van der Waals surface area contributed by atoms with E-state index in [9.17, 15) is 13.5 Å². The maximum absolute atomic E-state index is 17.3. The van der Waals surface area contributed by atoms with Gasteiger partial charge in [-0.25, -0.2) is 17.8 Å². The van der Waals surface area contributed by atoms with E-state index in [1.807, 2.05) is 11.8 Å². The molecule has 5 fully saturated rings. The summed E-state index contributed by atoms with van der Waals surface area (Å²) < 4.78 is 60.2. The average Bonchev–Trinajstić information content (AvgIpc) is 3.90. The average molecular weight is 784 g/mol. The fourth-order valence-electron chi connectivity index (χ4n) is 10.5. The summed E-state index contributed by atoms with van der Waals surface area (Å²) >= 11 is 6.64. The Morgan fingerprint density at radius 2 is 1.93 bits per heavy atom. The van der Waals surface area contributed by atoms with Crippen LogP contribution in [0.5, 0.6) is 11.9 Å². The van der Waals surface area contributed by atoms with Crippen molar-refractivity contribution in [3.8, 4) is 23.1 Å². The van der Waals surface area contributed by atoms with Gasteiger partial charge in [-0.3, -0.25) is 10.00 Å². The first-order valence-corrected chi connectivity index (χ1v) is 21.3. The van der Waals surface area contributed by atoms with E-state index in [2.05, 4.69) is 15.1 Å². The van der Waals surface area contributed by atoms with Gasteiger partial charge in [-0.2, -0.15) is 15.1 Å². The van der Waals surface area contributed by atoms with Crippen LogP contribution < -0.4 is 14.4 Å². The highest BCUT2D eigenvalue weighted by Crippen LogP contribution is 2.52. The Kier molecular flexibility index (Phi) is 8.99. The number of piperidine rings is 1. The molecule has 5 aliphatic rings. The fraction of sp³-hybridized carbons (Fsp3) is 0.632. The second-order valence-corrected chi connectivity index (χ2v) is 19.2. The van der Waals surface area contributed by atoms with Crippen LogP contribution in [-0.4, -0.2) is 119 Å².